The molecule has 1 fully saturated rings. The quantitative estimate of drug-likeness (QED) is 0.550. The average molecular weight is 214 g/mol. The van der Waals surface area contributed by atoms with E-state index in [1.165, 1.54) is 0 Å². The molecule has 4 heteroatoms. The summed E-state index contributed by atoms with van der Waals surface area (Å²) in [5.41, 5.74) is 3.22. The summed E-state index contributed by atoms with van der Waals surface area (Å²) in [5, 5.41) is 8.90. The molecule has 0 saturated carbocycles. The molecule has 1 saturated heterocycles. The zero-order valence-corrected chi connectivity index (χ0v) is 10.1. The third kappa shape index (κ3) is 3.43. The highest BCUT2D eigenvalue weighted by Crippen LogP contribution is 2.22. The monoisotopic (exact) mass is 214 g/mol. The molecular formula is C10H18O3Si. The highest BCUT2D eigenvalue weighted by molar-refractivity contribution is 6.83. The van der Waals surface area contributed by atoms with Crippen molar-refractivity contribution < 1.29 is 14.6 Å². The summed E-state index contributed by atoms with van der Waals surface area (Å²) >= 11 is 0. The van der Waals surface area contributed by atoms with Crippen LogP contribution in [-0.4, -0.2) is 38.8 Å². The Morgan fingerprint density at radius 1 is 1.29 bits per heavy atom. The molecule has 1 heterocycles. The van der Waals surface area contributed by atoms with Gasteiger partial charge in [-0.15, -0.1) is 5.54 Å². The molecule has 0 unspecified atom stereocenters. The predicted molar refractivity (Wildman–Crippen MR) is 57.5 cm³/mol. The lowest BCUT2D eigenvalue weighted by Gasteiger charge is -2.20. The molecule has 0 aromatic heterocycles. The standard InChI is InChI=1S/C10H18O3Si/c1-14(2,3)9-5-10(4-6-11)12-7-8-13-10/h11H,4,6-8H2,1-3H3. The van der Waals surface area contributed by atoms with Crippen molar-refractivity contribution in [1.29, 1.82) is 0 Å². The summed E-state index contributed by atoms with van der Waals surface area (Å²) < 4.78 is 10.9. The Kier molecular flexibility index (Phi) is 3.73. The van der Waals surface area contributed by atoms with Crippen LogP contribution in [-0.2, 0) is 9.47 Å². The summed E-state index contributed by atoms with van der Waals surface area (Å²) in [7, 11) is -1.40. The van der Waals surface area contributed by atoms with E-state index in [9.17, 15) is 0 Å². The minimum absolute atomic E-state index is 0.0420. The van der Waals surface area contributed by atoms with Gasteiger partial charge in [-0.25, -0.2) is 0 Å². The highest BCUT2D eigenvalue weighted by atomic mass is 28.3. The van der Waals surface area contributed by atoms with Crippen molar-refractivity contribution in [1.82, 2.24) is 0 Å². The van der Waals surface area contributed by atoms with E-state index in [2.05, 4.69) is 31.1 Å². The Morgan fingerprint density at radius 2 is 1.86 bits per heavy atom. The predicted octanol–water partition coefficient (Wildman–Crippen LogP) is 0.993. The third-order valence-electron chi connectivity index (χ3n) is 1.82. The normalized spacial score (nSPS) is 20.3. The van der Waals surface area contributed by atoms with E-state index in [1.54, 1.807) is 0 Å². The Balaban J connectivity index is 2.72. The summed E-state index contributed by atoms with van der Waals surface area (Å²) in [6.45, 7) is 7.69. The topological polar surface area (TPSA) is 38.7 Å². The molecule has 1 N–H and O–H groups in total. The molecule has 1 aliphatic heterocycles. The average Bonchev–Trinajstić information content (AvgIpc) is 2.50. The molecule has 14 heavy (non-hydrogen) atoms. The van der Waals surface area contributed by atoms with Crippen molar-refractivity contribution in [2.45, 2.75) is 31.8 Å². The molecule has 0 bridgehead atoms. The van der Waals surface area contributed by atoms with Crippen LogP contribution in [0.15, 0.2) is 0 Å². The highest BCUT2D eigenvalue weighted by Gasteiger charge is 2.34. The van der Waals surface area contributed by atoms with Crippen molar-refractivity contribution in [2.24, 2.45) is 0 Å². The summed E-state index contributed by atoms with van der Waals surface area (Å²) in [5.74, 6) is 2.22. The van der Waals surface area contributed by atoms with E-state index in [0.717, 1.165) is 0 Å². The van der Waals surface area contributed by atoms with Crippen LogP contribution in [0.5, 0.6) is 0 Å². The number of hydrogen-bond acceptors (Lipinski definition) is 3. The lowest BCUT2D eigenvalue weighted by molar-refractivity contribution is -0.118. The fraction of sp³-hybridized carbons (Fsp3) is 0.800. The molecule has 0 radical (unpaired) electrons. The van der Waals surface area contributed by atoms with E-state index >= 15 is 0 Å². The second-order valence-electron chi connectivity index (χ2n) is 4.42. The van der Waals surface area contributed by atoms with Crippen molar-refractivity contribution in [3.8, 4) is 11.5 Å². The zero-order chi connectivity index (χ0) is 10.7. The first-order valence-corrected chi connectivity index (χ1v) is 8.41. The maximum atomic E-state index is 8.90. The van der Waals surface area contributed by atoms with Crippen LogP contribution in [0.2, 0.25) is 19.6 Å². The van der Waals surface area contributed by atoms with Gasteiger partial charge in [-0.2, -0.15) is 0 Å². The van der Waals surface area contributed by atoms with Crippen molar-refractivity contribution in [3.63, 3.8) is 0 Å². The largest absolute Gasteiger partial charge is 0.396 e. The summed E-state index contributed by atoms with van der Waals surface area (Å²) in [6.07, 6.45) is 0.435. The molecular weight excluding hydrogens is 196 g/mol. The SMILES string of the molecule is C[Si](C)(C)C#CC1(CCO)OCCO1. The van der Waals surface area contributed by atoms with E-state index in [0.29, 0.717) is 19.6 Å². The first-order valence-electron chi connectivity index (χ1n) is 4.91. The van der Waals surface area contributed by atoms with Gasteiger partial charge in [-0.3, -0.25) is 0 Å². The molecule has 0 spiro atoms. The van der Waals surface area contributed by atoms with Gasteiger partial charge in [-0.1, -0.05) is 19.6 Å². The Labute approximate surface area is 86.4 Å². The molecule has 1 aliphatic rings. The number of aliphatic hydroxyl groups is 1. The smallest absolute Gasteiger partial charge is 0.235 e. The summed E-state index contributed by atoms with van der Waals surface area (Å²) in [6, 6.07) is 0. The van der Waals surface area contributed by atoms with Gasteiger partial charge in [0.05, 0.1) is 13.2 Å². The van der Waals surface area contributed by atoms with Crippen LogP contribution in [0.25, 0.3) is 0 Å². The molecule has 3 nitrogen and oxygen atoms in total. The molecule has 0 aromatic rings. The van der Waals surface area contributed by atoms with E-state index in [-0.39, 0.29) is 6.61 Å². The van der Waals surface area contributed by atoms with Gasteiger partial charge in [0, 0.05) is 13.0 Å². The molecule has 80 valence electrons. The number of ether oxygens (including phenoxy) is 2. The lowest BCUT2D eigenvalue weighted by Crippen LogP contribution is -2.31. The second kappa shape index (κ2) is 4.45. The lowest BCUT2D eigenvalue weighted by atomic mass is 10.2. The van der Waals surface area contributed by atoms with Crippen molar-refractivity contribution in [2.75, 3.05) is 19.8 Å². The van der Waals surface area contributed by atoms with Crippen LogP contribution in [0.1, 0.15) is 6.42 Å². The summed E-state index contributed by atoms with van der Waals surface area (Å²) in [4.78, 5) is 0. The van der Waals surface area contributed by atoms with Crippen molar-refractivity contribution in [3.05, 3.63) is 0 Å². The molecule has 0 aliphatic carbocycles. The second-order valence-corrected chi connectivity index (χ2v) is 9.17. The first kappa shape index (κ1) is 11.7. The third-order valence-corrected chi connectivity index (χ3v) is 2.70. The van der Waals surface area contributed by atoms with Gasteiger partial charge < -0.3 is 14.6 Å². The Hall–Kier alpha value is -0.343. The number of aliphatic hydroxyl groups excluding tert-OH is 1. The van der Waals surface area contributed by atoms with Gasteiger partial charge in [0.25, 0.3) is 0 Å². The Bertz CT molecular complexity index is 240. The maximum absolute atomic E-state index is 8.90. The number of rotatable bonds is 2. The fourth-order valence-corrected chi connectivity index (χ4v) is 1.73. The van der Waals surface area contributed by atoms with E-state index in [4.69, 9.17) is 14.6 Å². The van der Waals surface area contributed by atoms with Crippen LogP contribution in [0.3, 0.4) is 0 Å². The van der Waals surface area contributed by atoms with Crippen LogP contribution >= 0.6 is 0 Å². The minimum atomic E-state index is -1.40. The minimum Gasteiger partial charge on any atom is -0.396 e. The molecule has 0 aromatic carbocycles. The zero-order valence-electron chi connectivity index (χ0n) is 9.09. The van der Waals surface area contributed by atoms with Gasteiger partial charge in [0.2, 0.25) is 5.79 Å². The van der Waals surface area contributed by atoms with Crippen LogP contribution in [0, 0.1) is 11.5 Å². The van der Waals surface area contributed by atoms with E-state index in [1.807, 2.05) is 0 Å². The van der Waals surface area contributed by atoms with Gasteiger partial charge in [0.15, 0.2) is 0 Å². The van der Waals surface area contributed by atoms with Crippen LogP contribution in [0.4, 0.5) is 0 Å². The fourth-order valence-electron chi connectivity index (χ4n) is 1.16. The number of hydrogen-bond donors (Lipinski definition) is 1. The molecule has 0 amide bonds. The van der Waals surface area contributed by atoms with Gasteiger partial charge in [-0.05, 0) is 5.92 Å². The van der Waals surface area contributed by atoms with E-state index < -0.39 is 13.9 Å². The molecule has 0 atom stereocenters. The van der Waals surface area contributed by atoms with Crippen LogP contribution < -0.4 is 0 Å². The van der Waals surface area contributed by atoms with Gasteiger partial charge >= 0.3 is 0 Å². The van der Waals surface area contributed by atoms with Gasteiger partial charge in [0.1, 0.15) is 8.07 Å². The first-order chi connectivity index (χ1) is 6.47. The molecule has 1 rings (SSSR count). The van der Waals surface area contributed by atoms with Crippen molar-refractivity contribution >= 4 is 8.07 Å². The maximum Gasteiger partial charge on any atom is 0.235 e. The Morgan fingerprint density at radius 3 is 2.29 bits per heavy atom.